The average molecular weight is 273 g/mol. The van der Waals surface area contributed by atoms with Crippen LogP contribution in [-0.2, 0) is 17.6 Å². The lowest BCUT2D eigenvalue weighted by molar-refractivity contribution is 0.0594. The first kappa shape index (κ1) is 12.6. The van der Waals surface area contributed by atoms with E-state index in [1.54, 1.807) is 6.20 Å². The van der Waals surface area contributed by atoms with Crippen LogP contribution in [0.2, 0.25) is 0 Å². The molecule has 0 spiro atoms. The molecule has 0 bridgehead atoms. The van der Waals surface area contributed by atoms with Crippen LogP contribution in [0.15, 0.2) is 12.5 Å². The minimum absolute atomic E-state index is 0.107. The number of fused-ring (bicyclic) bond motifs is 1. The molecule has 0 aliphatic heterocycles. The third-order valence-electron chi connectivity index (χ3n) is 3.44. The lowest BCUT2D eigenvalue weighted by atomic mass is 9.96. The number of aryl methyl sites for hydroxylation is 1. The zero-order valence-electron chi connectivity index (χ0n) is 11.2. The van der Waals surface area contributed by atoms with E-state index >= 15 is 0 Å². The van der Waals surface area contributed by atoms with Crippen LogP contribution in [-0.4, -0.2) is 32.8 Å². The number of hydrogen-bond acceptors (Lipinski definition) is 6. The highest BCUT2D eigenvalue weighted by Crippen LogP contribution is 2.24. The van der Waals surface area contributed by atoms with Gasteiger partial charge in [-0.1, -0.05) is 0 Å². The van der Waals surface area contributed by atoms with Gasteiger partial charge in [-0.2, -0.15) is 5.10 Å². The molecule has 2 N–H and O–H groups in total. The molecule has 7 heteroatoms. The van der Waals surface area contributed by atoms with Crippen molar-refractivity contribution >= 4 is 11.7 Å². The van der Waals surface area contributed by atoms with Gasteiger partial charge >= 0.3 is 5.97 Å². The molecule has 2 aromatic heterocycles. The second kappa shape index (κ2) is 4.92. The molecular weight excluding hydrogens is 258 g/mol. The van der Waals surface area contributed by atoms with Crippen LogP contribution in [0.1, 0.15) is 34.6 Å². The molecule has 0 atom stereocenters. The molecule has 20 heavy (non-hydrogen) atoms. The van der Waals surface area contributed by atoms with E-state index in [4.69, 9.17) is 5.73 Å². The van der Waals surface area contributed by atoms with Crippen LogP contribution in [0.4, 0.5) is 5.69 Å². The lowest BCUT2D eigenvalue weighted by Gasteiger charge is -2.16. The molecule has 7 nitrogen and oxygen atoms in total. The van der Waals surface area contributed by atoms with Gasteiger partial charge in [0, 0.05) is 11.3 Å². The van der Waals surface area contributed by atoms with Gasteiger partial charge < -0.3 is 10.5 Å². The van der Waals surface area contributed by atoms with Crippen molar-refractivity contribution in [3.8, 4) is 5.82 Å². The number of carbonyl (C=O) groups excluding carboxylic acids is 1. The predicted molar refractivity (Wildman–Crippen MR) is 71.5 cm³/mol. The number of methoxy groups -OCH3 is 1. The van der Waals surface area contributed by atoms with Gasteiger partial charge in [-0.25, -0.2) is 19.4 Å². The zero-order chi connectivity index (χ0) is 14.1. The second-order valence-corrected chi connectivity index (χ2v) is 4.70. The van der Waals surface area contributed by atoms with Crippen molar-refractivity contribution in [2.45, 2.75) is 25.7 Å². The van der Waals surface area contributed by atoms with Crippen LogP contribution in [0.25, 0.3) is 5.82 Å². The zero-order valence-corrected chi connectivity index (χ0v) is 11.2. The molecule has 104 valence electrons. The summed E-state index contributed by atoms with van der Waals surface area (Å²) < 4.78 is 6.19. The molecule has 1 aliphatic rings. The number of carbonyl (C=O) groups is 1. The van der Waals surface area contributed by atoms with Gasteiger partial charge in [-0.15, -0.1) is 0 Å². The molecule has 0 fully saturated rings. The fourth-order valence-electron chi connectivity index (χ4n) is 2.45. The summed E-state index contributed by atoms with van der Waals surface area (Å²) in [6.07, 6.45) is 7.22. The molecule has 3 rings (SSSR count). The van der Waals surface area contributed by atoms with Crippen molar-refractivity contribution in [1.29, 1.82) is 0 Å². The van der Waals surface area contributed by atoms with Crippen molar-refractivity contribution in [2.75, 3.05) is 12.8 Å². The van der Waals surface area contributed by atoms with Crippen LogP contribution in [0, 0.1) is 0 Å². The van der Waals surface area contributed by atoms with E-state index in [9.17, 15) is 4.79 Å². The highest BCUT2D eigenvalue weighted by Gasteiger charge is 2.20. The number of nitrogens with zero attached hydrogens (tertiary/aromatic N) is 4. The van der Waals surface area contributed by atoms with Crippen molar-refractivity contribution in [3.05, 3.63) is 29.5 Å². The van der Waals surface area contributed by atoms with Gasteiger partial charge in [0.25, 0.3) is 0 Å². The Morgan fingerprint density at radius 3 is 2.95 bits per heavy atom. The first-order valence-electron chi connectivity index (χ1n) is 6.47. The topological polar surface area (TPSA) is 95.9 Å². The van der Waals surface area contributed by atoms with E-state index < -0.39 is 5.97 Å². The van der Waals surface area contributed by atoms with Crippen LogP contribution in [0.3, 0.4) is 0 Å². The Labute approximate surface area is 115 Å². The van der Waals surface area contributed by atoms with E-state index in [0.717, 1.165) is 36.9 Å². The standard InChI is InChI=1S/C13H15N5O2/c1-20-13(19)11-9(14)6-18(17-11)12-8-4-2-3-5-10(8)15-7-16-12/h6-7H,2-5,14H2,1H3. The van der Waals surface area contributed by atoms with E-state index in [1.807, 2.05) is 0 Å². The van der Waals surface area contributed by atoms with E-state index in [0.29, 0.717) is 5.82 Å². The minimum Gasteiger partial charge on any atom is -0.464 e. The monoisotopic (exact) mass is 273 g/mol. The summed E-state index contributed by atoms with van der Waals surface area (Å²) in [4.78, 5) is 20.2. The van der Waals surface area contributed by atoms with E-state index in [-0.39, 0.29) is 11.4 Å². The number of aromatic nitrogens is 4. The third kappa shape index (κ3) is 2.01. The number of hydrogen-bond donors (Lipinski definition) is 1. The number of esters is 1. The molecule has 2 aromatic rings. The number of rotatable bonds is 2. The average Bonchev–Trinajstić information content (AvgIpc) is 2.87. The normalized spacial score (nSPS) is 13.8. The summed E-state index contributed by atoms with van der Waals surface area (Å²) in [5.74, 6) is 0.140. The highest BCUT2D eigenvalue weighted by atomic mass is 16.5. The predicted octanol–water partition coefficient (Wildman–Crippen LogP) is 0.910. The number of anilines is 1. The maximum absolute atomic E-state index is 11.6. The van der Waals surface area contributed by atoms with Gasteiger partial charge in [0.2, 0.25) is 0 Å². The maximum Gasteiger partial charge on any atom is 0.360 e. The number of nitrogen functional groups attached to an aromatic ring is 1. The Bertz CT molecular complexity index is 665. The first-order chi connectivity index (χ1) is 9.70. The van der Waals surface area contributed by atoms with Gasteiger partial charge in [0.05, 0.1) is 19.0 Å². The maximum atomic E-state index is 11.6. The van der Waals surface area contributed by atoms with Crippen molar-refractivity contribution in [1.82, 2.24) is 19.7 Å². The molecular formula is C13H15N5O2. The quantitative estimate of drug-likeness (QED) is 0.817. The number of ether oxygens (including phenoxy) is 1. The summed E-state index contributed by atoms with van der Waals surface area (Å²) in [6.45, 7) is 0. The highest BCUT2D eigenvalue weighted by molar-refractivity contribution is 5.92. The van der Waals surface area contributed by atoms with Gasteiger partial charge in [-0.05, 0) is 25.7 Å². The fraction of sp³-hybridized carbons (Fsp3) is 0.385. The molecule has 0 saturated heterocycles. The largest absolute Gasteiger partial charge is 0.464 e. The van der Waals surface area contributed by atoms with Gasteiger partial charge in [0.15, 0.2) is 11.5 Å². The Morgan fingerprint density at radius 1 is 1.35 bits per heavy atom. The molecule has 0 radical (unpaired) electrons. The van der Waals surface area contributed by atoms with Crippen LogP contribution < -0.4 is 5.73 Å². The molecule has 0 unspecified atom stereocenters. The summed E-state index contributed by atoms with van der Waals surface area (Å²) in [5.41, 5.74) is 8.32. The third-order valence-corrected chi connectivity index (χ3v) is 3.44. The van der Waals surface area contributed by atoms with Crippen molar-refractivity contribution in [3.63, 3.8) is 0 Å². The van der Waals surface area contributed by atoms with Crippen molar-refractivity contribution < 1.29 is 9.53 Å². The Balaban J connectivity index is 2.08. The summed E-state index contributed by atoms with van der Waals surface area (Å²) in [5, 5.41) is 4.19. The fourth-order valence-corrected chi connectivity index (χ4v) is 2.45. The summed E-state index contributed by atoms with van der Waals surface area (Å²) >= 11 is 0. The molecule has 0 aromatic carbocycles. The minimum atomic E-state index is -0.552. The Morgan fingerprint density at radius 2 is 2.15 bits per heavy atom. The van der Waals surface area contributed by atoms with E-state index in [1.165, 1.54) is 18.1 Å². The van der Waals surface area contributed by atoms with Crippen LogP contribution >= 0.6 is 0 Å². The smallest absolute Gasteiger partial charge is 0.360 e. The molecule has 0 amide bonds. The Kier molecular flexibility index (Phi) is 3.09. The SMILES string of the molecule is COC(=O)c1nn(-c2ncnc3c2CCCC3)cc1N. The summed E-state index contributed by atoms with van der Waals surface area (Å²) in [7, 11) is 1.30. The molecule has 0 saturated carbocycles. The van der Waals surface area contributed by atoms with Crippen molar-refractivity contribution in [2.24, 2.45) is 0 Å². The summed E-state index contributed by atoms with van der Waals surface area (Å²) in [6, 6.07) is 0. The molecule has 2 heterocycles. The van der Waals surface area contributed by atoms with E-state index in [2.05, 4.69) is 19.8 Å². The van der Waals surface area contributed by atoms with Gasteiger partial charge in [0.1, 0.15) is 6.33 Å². The number of nitrogens with two attached hydrogens (primary N) is 1. The lowest BCUT2D eigenvalue weighted by Crippen LogP contribution is -2.13. The van der Waals surface area contributed by atoms with Gasteiger partial charge in [-0.3, -0.25) is 0 Å². The second-order valence-electron chi connectivity index (χ2n) is 4.70. The Hall–Kier alpha value is -2.44. The van der Waals surface area contributed by atoms with Crippen LogP contribution in [0.5, 0.6) is 0 Å². The first-order valence-corrected chi connectivity index (χ1v) is 6.47. The molecule has 1 aliphatic carbocycles.